The van der Waals surface area contributed by atoms with Gasteiger partial charge in [-0.2, -0.15) is 0 Å². The van der Waals surface area contributed by atoms with Crippen LogP contribution in [0.1, 0.15) is 56.3 Å². The van der Waals surface area contributed by atoms with Gasteiger partial charge in [0.15, 0.2) is 11.1 Å². The average molecular weight is 741 g/mol. The zero-order chi connectivity index (χ0) is 36.0. The third kappa shape index (κ3) is 8.66. The summed E-state index contributed by atoms with van der Waals surface area (Å²) in [6.07, 6.45) is 2.55. The Bertz CT molecular complexity index is 2220. The number of carbonyl (C=O) groups is 1. The molecule has 1 unspecified atom stereocenters. The van der Waals surface area contributed by atoms with Crippen LogP contribution < -0.4 is 4.72 Å². The topological polar surface area (TPSA) is 126 Å². The number of rotatable bonds is 15. The minimum atomic E-state index is -3.89. The minimum absolute atomic E-state index is 0.0721. The minimum Gasteiger partial charge on any atom is -0.478 e. The molecule has 5 aromatic carbocycles. The fourth-order valence-electron chi connectivity index (χ4n) is 6.59. The molecule has 0 saturated heterocycles. The molecule has 51 heavy (non-hydrogen) atoms. The van der Waals surface area contributed by atoms with Crippen molar-refractivity contribution in [2.24, 2.45) is 0 Å². The van der Waals surface area contributed by atoms with E-state index < -0.39 is 27.1 Å². The second kappa shape index (κ2) is 16.2. The molecule has 0 spiro atoms. The van der Waals surface area contributed by atoms with Crippen molar-refractivity contribution in [3.63, 3.8) is 0 Å². The fourth-order valence-corrected chi connectivity index (χ4v) is 8.27. The molecule has 6 aromatic rings. The highest BCUT2D eigenvalue weighted by atomic mass is 35.5. The van der Waals surface area contributed by atoms with Gasteiger partial charge in [0, 0.05) is 34.6 Å². The number of carboxylic acid groups (broad SMARTS) is 1. The van der Waals surface area contributed by atoms with Crippen molar-refractivity contribution in [1.82, 2.24) is 9.29 Å². The second-order valence-electron chi connectivity index (χ2n) is 12.3. The predicted molar refractivity (Wildman–Crippen MR) is 202 cm³/mol. The summed E-state index contributed by atoms with van der Waals surface area (Å²) in [7, 11) is -3.89. The lowest BCUT2D eigenvalue weighted by atomic mass is 9.97. The van der Waals surface area contributed by atoms with Gasteiger partial charge < -0.3 is 14.2 Å². The lowest BCUT2D eigenvalue weighted by molar-refractivity contribution is 0.0697. The SMILES string of the molecule is O=C(O)c1ccc(CCCc2c(CCNS(=O)(=O)c3ccc(CS(=O)O)cc3)n(C(c3ccccc3)c3ccccc3)c3ccc(Cl)cc23)cc1. The van der Waals surface area contributed by atoms with Crippen molar-refractivity contribution in [3.8, 4) is 0 Å². The Labute approximate surface area is 305 Å². The zero-order valence-electron chi connectivity index (χ0n) is 27.6. The number of hydrogen-bond donors (Lipinski definition) is 3. The van der Waals surface area contributed by atoms with Crippen LogP contribution >= 0.6 is 11.6 Å². The third-order valence-electron chi connectivity index (χ3n) is 8.94. The Hall–Kier alpha value is -4.58. The lowest BCUT2D eigenvalue weighted by Crippen LogP contribution is -2.27. The molecule has 0 fully saturated rings. The van der Waals surface area contributed by atoms with E-state index in [1.165, 1.54) is 12.1 Å². The number of aryl methyl sites for hydroxylation is 2. The molecule has 0 bridgehead atoms. The van der Waals surface area contributed by atoms with Crippen molar-refractivity contribution in [3.05, 3.63) is 171 Å². The molecule has 0 aliphatic heterocycles. The standard InChI is InChI=1S/C40H37ClN2O6S2/c41-33-20-23-37-36(26-33)35(13-7-8-28-14-18-32(19-15-28)40(44)45)38(24-25-42-51(48,49)34-21-16-29(17-22-34)27-50(46)47)43(37)39(30-9-3-1-4-10-30)31-11-5-2-6-12-31/h1-6,9-12,14-23,26,39,42H,7-8,13,24-25,27H2,(H,44,45)(H,46,47). The summed E-state index contributed by atoms with van der Waals surface area (Å²) in [5.74, 6) is -1.04. The van der Waals surface area contributed by atoms with Crippen LogP contribution in [-0.4, -0.2) is 39.4 Å². The third-order valence-corrected chi connectivity index (χ3v) is 11.2. The van der Waals surface area contributed by atoms with Gasteiger partial charge in [-0.25, -0.2) is 22.1 Å². The van der Waals surface area contributed by atoms with Crippen LogP contribution in [0.4, 0.5) is 0 Å². The number of carboxylic acids is 1. The summed E-state index contributed by atoms with van der Waals surface area (Å²) >= 11 is 4.60. The Balaban J connectivity index is 1.40. The quantitative estimate of drug-likeness (QED) is 0.0916. The highest BCUT2D eigenvalue weighted by molar-refractivity contribution is 7.89. The Morgan fingerprint density at radius 2 is 1.39 bits per heavy atom. The molecule has 0 aliphatic rings. The first kappa shape index (κ1) is 36.2. The van der Waals surface area contributed by atoms with Crippen LogP contribution in [0.25, 0.3) is 10.9 Å². The number of sulfonamides is 1. The van der Waals surface area contributed by atoms with Gasteiger partial charge in [0.1, 0.15) is 0 Å². The monoisotopic (exact) mass is 740 g/mol. The van der Waals surface area contributed by atoms with E-state index in [2.05, 4.69) is 33.6 Å². The van der Waals surface area contributed by atoms with E-state index in [0.29, 0.717) is 23.4 Å². The number of hydrogen-bond acceptors (Lipinski definition) is 4. The maximum absolute atomic E-state index is 13.4. The van der Waals surface area contributed by atoms with E-state index in [-0.39, 0.29) is 28.8 Å². The Kier molecular flexibility index (Phi) is 11.5. The number of nitrogens with zero attached hydrogens (tertiary/aromatic N) is 1. The first-order valence-corrected chi connectivity index (χ1v) is 19.6. The van der Waals surface area contributed by atoms with Gasteiger partial charge in [-0.3, -0.25) is 0 Å². The van der Waals surface area contributed by atoms with Gasteiger partial charge in [0.2, 0.25) is 10.0 Å². The van der Waals surface area contributed by atoms with Crippen LogP contribution in [0.3, 0.4) is 0 Å². The molecule has 8 nitrogen and oxygen atoms in total. The number of fused-ring (bicyclic) bond motifs is 1. The molecule has 0 aliphatic carbocycles. The van der Waals surface area contributed by atoms with Gasteiger partial charge in [0.25, 0.3) is 0 Å². The smallest absolute Gasteiger partial charge is 0.335 e. The maximum Gasteiger partial charge on any atom is 0.335 e. The molecule has 0 radical (unpaired) electrons. The largest absolute Gasteiger partial charge is 0.478 e. The summed E-state index contributed by atoms with van der Waals surface area (Å²) in [6, 6.07) is 39.0. The van der Waals surface area contributed by atoms with Crippen molar-refractivity contribution in [2.75, 3.05) is 6.54 Å². The van der Waals surface area contributed by atoms with Gasteiger partial charge in [-0.1, -0.05) is 96.5 Å². The Morgan fingerprint density at radius 1 is 0.784 bits per heavy atom. The van der Waals surface area contributed by atoms with Crippen LogP contribution in [0, 0.1) is 0 Å². The van der Waals surface area contributed by atoms with E-state index >= 15 is 0 Å². The molecule has 262 valence electrons. The number of aromatic carboxylic acids is 1. The van der Waals surface area contributed by atoms with Gasteiger partial charge >= 0.3 is 5.97 Å². The average Bonchev–Trinajstić information content (AvgIpc) is 3.41. The summed E-state index contributed by atoms with van der Waals surface area (Å²) in [4.78, 5) is 11.4. The number of halogens is 1. The van der Waals surface area contributed by atoms with Crippen molar-refractivity contribution < 1.29 is 27.1 Å². The van der Waals surface area contributed by atoms with Crippen molar-refractivity contribution in [2.45, 2.75) is 42.4 Å². The molecule has 1 atom stereocenters. The van der Waals surface area contributed by atoms with Gasteiger partial charge in [-0.05, 0) is 89.5 Å². The summed E-state index contributed by atoms with van der Waals surface area (Å²) in [6.45, 7) is 0.120. The van der Waals surface area contributed by atoms with E-state index in [1.807, 2.05) is 66.7 Å². The predicted octanol–water partition coefficient (Wildman–Crippen LogP) is 8.05. The normalized spacial score (nSPS) is 12.4. The summed E-state index contributed by atoms with van der Waals surface area (Å²) in [5.41, 5.74) is 7.02. The van der Waals surface area contributed by atoms with Crippen molar-refractivity contribution in [1.29, 1.82) is 0 Å². The lowest BCUT2D eigenvalue weighted by Gasteiger charge is -2.25. The molecular formula is C40H37ClN2O6S2. The van der Waals surface area contributed by atoms with Crippen LogP contribution in [0.2, 0.25) is 5.02 Å². The molecule has 0 saturated carbocycles. The highest BCUT2D eigenvalue weighted by Gasteiger charge is 2.26. The summed E-state index contributed by atoms with van der Waals surface area (Å²) < 4.78 is 52.4. The number of aromatic nitrogens is 1. The molecule has 3 N–H and O–H groups in total. The van der Waals surface area contributed by atoms with E-state index in [9.17, 15) is 27.1 Å². The number of nitrogens with one attached hydrogen (secondary N) is 1. The molecule has 11 heteroatoms. The van der Waals surface area contributed by atoms with Gasteiger partial charge in [-0.15, -0.1) is 0 Å². The van der Waals surface area contributed by atoms with Crippen LogP contribution in [0.5, 0.6) is 0 Å². The van der Waals surface area contributed by atoms with Crippen LogP contribution in [-0.2, 0) is 46.1 Å². The van der Waals surface area contributed by atoms with Crippen molar-refractivity contribution >= 4 is 49.6 Å². The van der Waals surface area contributed by atoms with E-state index in [1.54, 1.807) is 24.3 Å². The van der Waals surface area contributed by atoms with Crippen LogP contribution in [0.15, 0.2) is 132 Å². The van der Waals surface area contributed by atoms with E-state index in [0.717, 1.165) is 51.7 Å². The fraction of sp³-hybridized carbons (Fsp3) is 0.175. The number of benzene rings is 5. The maximum atomic E-state index is 13.4. The molecule has 1 heterocycles. The zero-order valence-corrected chi connectivity index (χ0v) is 30.0. The summed E-state index contributed by atoms with van der Waals surface area (Å²) in [5, 5.41) is 10.9. The highest BCUT2D eigenvalue weighted by Crippen LogP contribution is 2.38. The van der Waals surface area contributed by atoms with E-state index in [4.69, 9.17) is 11.6 Å². The second-order valence-corrected chi connectivity index (χ2v) is 15.4. The first-order valence-electron chi connectivity index (χ1n) is 16.5. The Morgan fingerprint density at radius 3 is 1.98 bits per heavy atom. The van der Waals surface area contributed by atoms with Gasteiger partial charge in [0.05, 0.1) is 22.3 Å². The molecule has 6 rings (SSSR count). The molecule has 0 amide bonds. The first-order chi connectivity index (χ1) is 24.6. The molecular weight excluding hydrogens is 704 g/mol. The molecule has 1 aromatic heterocycles.